The van der Waals surface area contributed by atoms with Gasteiger partial charge < -0.3 is 10.1 Å². The molecule has 1 fully saturated rings. The van der Waals surface area contributed by atoms with Crippen LogP contribution in [-0.2, 0) is 14.8 Å². The molecule has 1 unspecified atom stereocenters. The third kappa shape index (κ3) is 4.53. The molecule has 1 saturated heterocycles. The Labute approximate surface area is 137 Å². The number of morpholine rings is 1. The molecule has 6 nitrogen and oxygen atoms in total. The molecule has 1 aliphatic rings. The van der Waals surface area contributed by atoms with Crippen molar-refractivity contribution in [3.8, 4) is 0 Å². The van der Waals surface area contributed by atoms with Crippen LogP contribution in [0.15, 0.2) is 18.2 Å². The van der Waals surface area contributed by atoms with Gasteiger partial charge in [0.05, 0.1) is 19.0 Å². The summed E-state index contributed by atoms with van der Waals surface area (Å²) in [6.45, 7) is 7.04. The van der Waals surface area contributed by atoms with E-state index in [1.807, 2.05) is 32.9 Å². The van der Waals surface area contributed by atoms with Gasteiger partial charge in [0.25, 0.3) is 5.91 Å². The monoisotopic (exact) mass is 340 g/mol. The number of carbonyl (C=O) groups excluding carboxylic acids is 1. The molecule has 0 aromatic heterocycles. The fraction of sp³-hybridized carbons (Fsp3) is 0.562. The van der Waals surface area contributed by atoms with Crippen LogP contribution in [0.4, 0.5) is 0 Å². The molecule has 0 aliphatic carbocycles. The Morgan fingerprint density at radius 2 is 2.09 bits per heavy atom. The number of benzene rings is 1. The second kappa shape index (κ2) is 7.42. The van der Waals surface area contributed by atoms with Crippen LogP contribution in [0.2, 0.25) is 0 Å². The van der Waals surface area contributed by atoms with E-state index < -0.39 is 10.0 Å². The summed E-state index contributed by atoms with van der Waals surface area (Å²) in [4.78, 5) is 12.1. The van der Waals surface area contributed by atoms with Gasteiger partial charge in [-0.2, -0.15) is 4.31 Å². The molecule has 1 heterocycles. The Bertz CT molecular complexity index is 673. The molecule has 1 amide bonds. The molecule has 1 atom stereocenters. The third-order valence-corrected chi connectivity index (χ3v) is 6.06. The zero-order chi connectivity index (χ0) is 17.0. The highest BCUT2D eigenvalue weighted by molar-refractivity contribution is 7.89. The summed E-state index contributed by atoms with van der Waals surface area (Å²) in [5.41, 5.74) is 2.70. The van der Waals surface area contributed by atoms with Gasteiger partial charge in [-0.15, -0.1) is 0 Å². The van der Waals surface area contributed by atoms with Crippen molar-refractivity contribution in [2.24, 2.45) is 0 Å². The van der Waals surface area contributed by atoms with Gasteiger partial charge in [-0.1, -0.05) is 6.07 Å². The molecular formula is C16H24N2O4S. The summed E-state index contributed by atoms with van der Waals surface area (Å²) < 4.78 is 31.4. The normalized spacial score (nSPS) is 19.5. The molecule has 1 aromatic carbocycles. The number of ether oxygens (including phenoxy) is 1. The van der Waals surface area contributed by atoms with Gasteiger partial charge in [-0.05, 0) is 44.0 Å². The molecule has 23 heavy (non-hydrogen) atoms. The summed E-state index contributed by atoms with van der Waals surface area (Å²) in [7, 11) is -3.39. The fourth-order valence-electron chi connectivity index (χ4n) is 2.52. The van der Waals surface area contributed by atoms with Gasteiger partial charge in [-0.3, -0.25) is 4.79 Å². The van der Waals surface area contributed by atoms with Gasteiger partial charge in [0.1, 0.15) is 0 Å². The maximum Gasteiger partial charge on any atom is 0.251 e. The lowest BCUT2D eigenvalue weighted by Crippen LogP contribution is -2.49. The van der Waals surface area contributed by atoms with Gasteiger partial charge >= 0.3 is 0 Å². The maximum absolute atomic E-state index is 12.3. The molecule has 1 aliphatic heterocycles. The smallest absolute Gasteiger partial charge is 0.251 e. The molecule has 0 bridgehead atoms. The van der Waals surface area contributed by atoms with Crippen molar-refractivity contribution < 1.29 is 17.9 Å². The molecule has 7 heteroatoms. The average molecular weight is 340 g/mol. The summed E-state index contributed by atoms with van der Waals surface area (Å²) in [5, 5.41) is 2.68. The SMILES string of the molecule is Cc1ccc(C(=O)NCCS(=O)(=O)N2CCOCC2C)cc1C. The number of rotatable bonds is 5. The Morgan fingerprint density at radius 1 is 1.35 bits per heavy atom. The third-order valence-electron chi connectivity index (χ3n) is 4.08. The molecule has 128 valence electrons. The van der Waals surface area contributed by atoms with Gasteiger partial charge in [0.15, 0.2) is 0 Å². The number of hydrogen-bond acceptors (Lipinski definition) is 4. The standard InChI is InChI=1S/C16H24N2O4S/c1-12-4-5-15(10-13(12)2)16(19)17-6-9-23(20,21)18-7-8-22-11-14(18)3/h4-5,10,14H,6-9,11H2,1-3H3,(H,17,19). The first-order chi connectivity index (χ1) is 10.8. The predicted molar refractivity (Wildman–Crippen MR) is 89.0 cm³/mol. The topological polar surface area (TPSA) is 75.7 Å². The van der Waals surface area contributed by atoms with Gasteiger partial charge in [-0.25, -0.2) is 8.42 Å². The zero-order valence-electron chi connectivity index (χ0n) is 13.8. The van der Waals surface area contributed by atoms with E-state index in [1.54, 1.807) is 6.07 Å². The summed E-state index contributed by atoms with van der Waals surface area (Å²) >= 11 is 0. The highest BCUT2D eigenvalue weighted by Gasteiger charge is 2.29. The number of carbonyl (C=O) groups is 1. The minimum atomic E-state index is -3.39. The Kier molecular flexibility index (Phi) is 5.78. The second-order valence-electron chi connectivity index (χ2n) is 5.91. The van der Waals surface area contributed by atoms with Crippen molar-refractivity contribution >= 4 is 15.9 Å². The van der Waals surface area contributed by atoms with E-state index in [0.717, 1.165) is 11.1 Å². The lowest BCUT2D eigenvalue weighted by Gasteiger charge is -2.32. The minimum absolute atomic E-state index is 0.0954. The Hall–Kier alpha value is -1.44. The van der Waals surface area contributed by atoms with E-state index in [2.05, 4.69) is 5.32 Å². The predicted octanol–water partition coefficient (Wildman–Crippen LogP) is 1.08. The number of hydrogen-bond donors (Lipinski definition) is 1. The highest BCUT2D eigenvalue weighted by Crippen LogP contribution is 2.12. The molecule has 2 rings (SSSR count). The lowest BCUT2D eigenvalue weighted by molar-refractivity contribution is 0.0393. The lowest BCUT2D eigenvalue weighted by atomic mass is 10.1. The molecule has 1 N–H and O–H groups in total. The van der Waals surface area contributed by atoms with Crippen LogP contribution in [-0.4, -0.2) is 56.7 Å². The quantitative estimate of drug-likeness (QED) is 0.870. The van der Waals surface area contributed by atoms with E-state index in [-0.39, 0.29) is 24.2 Å². The van der Waals surface area contributed by atoms with E-state index in [1.165, 1.54) is 4.31 Å². The van der Waals surface area contributed by atoms with Gasteiger partial charge in [0, 0.05) is 24.7 Å². The van der Waals surface area contributed by atoms with Crippen molar-refractivity contribution in [3.63, 3.8) is 0 Å². The molecule has 0 radical (unpaired) electrons. The van der Waals surface area contributed by atoms with E-state index >= 15 is 0 Å². The van der Waals surface area contributed by atoms with Crippen LogP contribution in [0.5, 0.6) is 0 Å². The first-order valence-electron chi connectivity index (χ1n) is 7.74. The minimum Gasteiger partial charge on any atom is -0.378 e. The highest BCUT2D eigenvalue weighted by atomic mass is 32.2. The fourth-order valence-corrected chi connectivity index (χ4v) is 4.08. The summed E-state index contributed by atoms with van der Waals surface area (Å²) in [6.07, 6.45) is 0. The van der Waals surface area contributed by atoms with Crippen molar-refractivity contribution in [3.05, 3.63) is 34.9 Å². The van der Waals surface area contributed by atoms with Crippen molar-refractivity contribution in [2.45, 2.75) is 26.8 Å². The molecule has 0 saturated carbocycles. The number of amides is 1. The molecular weight excluding hydrogens is 316 g/mol. The largest absolute Gasteiger partial charge is 0.378 e. The number of aryl methyl sites for hydroxylation is 2. The van der Waals surface area contributed by atoms with Gasteiger partial charge in [0.2, 0.25) is 10.0 Å². The Morgan fingerprint density at radius 3 is 2.74 bits per heavy atom. The van der Waals surface area contributed by atoms with E-state index in [4.69, 9.17) is 4.74 Å². The maximum atomic E-state index is 12.3. The molecule has 0 spiro atoms. The van der Waals surface area contributed by atoms with E-state index in [9.17, 15) is 13.2 Å². The van der Waals surface area contributed by atoms with Crippen molar-refractivity contribution in [1.29, 1.82) is 0 Å². The van der Waals surface area contributed by atoms with Crippen LogP contribution in [0, 0.1) is 13.8 Å². The van der Waals surface area contributed by atoms with Crippen molar-refractivity contribution in [2.75, 3.05) is 32.1 Å². The van der Waals surface area contributed by atoms with Crippen LogP contribution in [0.3, 0.4) is 0 Å². The number of nitrogens with zero attached hydrogens (tertiary/aromatic N) is 1. The second-order valence-corrected chi connectivity index (χ2v) is 7.95. The van der Waals surface area contributed by atoms with E-state index in [0.29, 0.717) is 25.3 Å². The molecule has 1 aromatic rings. The zero-order valence-corrected chi connectivity index (χ0v) is 14.6. The average Bonchev–Trinajstić information content (AvgIpc) is 2.50. The van der Waals surface area contributed by atoms with Crippen molar-refractivity contribution in [1.82, 2.24) is 9.62 Å². The first-order valence-corrected chi connectivity index (χ1v) is 9.35. The summed E-state index contributed by atoms with van der Waals surface area (Å²) in [5.74, 6) is -0.355. The number of nitrogens with one attached hydrogen (secondary N) is 1. The Balaban J connectivity index is 1.90. The number of sulfonamides is 1. The van der Waals surface area contributed by atoms with Crippen LogP contribution >= 0.6 is 0 Å². The summed E-state index contributed by atoms with van der Waals surface area (Å²) in [6, 6.07) is 5.28. The first kappa shape index (κ1) is 17.9. The van der Waals surface area contributed by atoms with Crippen LogP contribution in [0.25, 0.3) is 0 Å². The van der Waals surface area contributed by atoms with Crippen LogP contribution in [0.1, 0.15) is 28.4 Å². The van der Waals surface area contributed by atoms with Crippen LogP contribution < -0.4 is 5.32 Å².